The van der Waals surface area contributed by atoms with Gasteiger partial charge in [-0.2, -0.15) is 0 Å². The van der Waals surface area contributed by atoms with E-state index in [0.29, 0.717) is 5.52 Å². The highest BCUT2D eigenvalue weighted by atomic mass is 16.6. The lowest BCUT2D eigenvalue weighted by Gasteiger charge is -2.14. The fourth-order valence-corrected chi connectivity index (χ4v) is 2.37. The average molecular weight is 296 g/mol. The second-order valence-corrected chi connectivity index (χ2v) is 4.66. The van der Waals surface area contributed by atoms with Crippen LogP contribution in [0, 0.1) is 10.1 Å². The van der Waals surface area contributed by atoms with E-state index in [1.165, 1.54) is 18.2 Å². The maximum absolute atomic E-state index is 10.9. The van der Waals surface area contributed by atoms with Crippen LogP contribution in [0.4, 0.5) is 5.69 Å². The number of aliphatic hydroxyl groups excluding tert-OH is 3. The number of non-ortho nitro benzene ring substituents is 1. The third kappa shape index (κ3) is 2.05. The summed E-state index contributed by atoms with van der Waals surface area (Å²) in [5.74, 6) is 0. The van der Waals surface area contributed by atoms with Gasteiger partial charge < -0.3 is 20.1 Å². The monoisotopic (exact) mass is 296 g/mol. The summed E-state index contributed by atoms with van der Waals surface area (Å²) in [6.07, 6.45) is -4.64. The van der Waals surface area contributed by atoms with Gasteiger partial charge in [0.1, 0.15) is 18.3 Å². The molecular weight excluding hydrogens is 284 g/mol. The Morgan fingerprint density at radius 1 is 1.38 bits per heavy atom. The van der Waals surface area contributed by atoms with Crippen molar-refractivity contribution in [1.82, 2.24) is 15.0 Å². The van der Waals surface area contributed by atoms with E-state index in [2.05, 4.69) is 10.3 Å². The van der Waals surface area contributed by atoms with Gasteiger partial charge in [-0.25, -0.2) is 4.68 Å². The van der Waals surface area contributed by atoms with Crippen LogP contribution in [0.3, 0.4) is 0 Å². The van der Waals surface area contributed by atoms with Gasteiger partial charge in [-0.05, 0) is 6.07 Å². The van der Waals surface area contributed by atoms with E-state index >= 15 is 0 Å². The van der Waals surface area contributed by atoms with Crippen LogP contribution in [0.25, 0.3) is 11.0 Å². The standard InChI is InChI=1S/C11H12N4O6/c16-4-7-9(17)10(18)11(21-7)14-5-2-1-3-6(15(19)20)8(5)12-13-14/h1-3,7,9-11,16-18H,4H2. The molecule has 1 fully saturated rings. The van der Waals surface area contributed by atoms with Gasteiger partial charge in [0.25, 0.3) is 5.69 Å². The molecule has 112 valence electrons. The zero-order valence-electron chi connectivity index (χ0n) is 10.6. The van der Waals surface area contributed by atoms with Crippen molar-refractivity contribution in [3.05, 3.63) is 28.3 Å². The SMILES string of the molecule is O=[N+]([O-])c1cccc2c1nnn2C1OC(CO)C(O)C1O. The molecule has 10 nitrogen and oxygen atoms in total. The van der Waals surface area contributed by atoms with Crippen molar-refractivity contribution >= 4 is 16.7 Å². The van der Waals surface area contributed by atoms with Gasteiger partial charge >= 0.3 is 0 Å². The van der Waals surface area contributed by atoms with E-state index in [4.69, 9.17) is 9.84 Å². The van der Waals surface area contributed by atoms with Crippen molar-refractivity contribution < 1.29 is 25.0 Å². The summed E-state index contributed by atoms with van der Waals surface area (Å²) < 4.78 is 6.49. The first-order valence-electron chi connectivity index (χ1n) is 6.15. The number of nitro groups is 1. The molecule has 4 unspecified atom stereocenters. The maximum Gasteiger partial charge on any atom is 0.299 e. The molecule has 1 aliphatic rings. The number of aliphatic hydroxyl groups is 3. The predicted molar refractivity (Wildman–Crippen MR) is 67.2 cm³/mol. The van der Waals surface area contributed by atoms with Crippen molar-refractivity contribution in [2.24, 2.45) is 0 Å². The molecule has 0 bridgehead atoms. The Kier molecular flexibility index (Phi) is 3.29. The molecule has 1 aromatic heterocycles. The van der Waals surface area contributed by atoms with Crippen molar-refractivity contribution in [3.8, 4) is 0 Å². The lowest BCUT2D eigenvalue weighted by Crippen LogP contribution is -2.33. The van der Waals surface area contributed by atoms with E-state index < -0.39 is 36.1 Å². The Morgan fingerprint density at radius 2 is 2.14 bits per heavy atom. The van der Waals surface area contributed by atoms with E-state index in [9.17, 15) is 20.3 Å². The van der Waals surface area contributed by atoms with E-state index in [-0.39, 0.29) is 11.2 Å². The number of ether oxygens (including phenoxy) is 1. The van der Waals surface area contributed by atoms with Crippen LogP contribution in [-0.2, 0) is 4.74 Å². The van der Waals surface area contributed by atoms with Crippen LogP contribution < -0.4 is 0 Å². The van der Waals surface area contributed by atoms with Gasteiger partial charge in [-0.15, -0.1) is 5.10 Å². The molecule has 0 spiro atoms. The number of fused-ring (bicyclic) bond motifs is 1. The highest BCUT2D eigenvalue weighted by Gasteiger charge is 2.44. The van der Waals surface area contributed by atoms with Gasteiger partial charge in [-0.3, -0.25) is 10.1 Å². The molecule has 0 radical (unpaired) electrons. The minimum absolute atomic E-state index is 0.0558. The van der Waals surface area contributed by atoms with Crippen LogP contribution in [0.1, 0.15) is 6.23 Å². The summed E-state index contributed by atoms with van der Waals surface area (Å²) >= 11 is 0. The molecule has 1 aromatic carbocycles. The molecule has 1 saturated heterocycles. The molecule has 21 heavy (non-hydrogen) atoms. The molecule has 0 saturated carbocycles. The second kappa shape index (κ2) is 5.00. The van der Waals surface area contributed by atoms with Gasteiger partial charge in [0.2, 0.25) is 0 Å². The molecule has 0 aliphatic carbocycles. The van der Waals surface area contributed by atoms with Gasteiger partial charge in [-0.1, -0.05) is 11.3 Å². The van der Waals surface area contributed by atoms with Gasteiger partial charge in [0, 0.05) is 6.07 Å². The summed E-state index contributed by atoms with van der Waals surface area (Å²) in [7, 11) is 0. The summed E-state index contributed by atoms with van der Waals surface area (Å²) in [5.41, 5.74) is 0.129. The first-order chi connectivity index (χ1) is 10.0. The van der Waals surface area contributed by atoms with Crippen molar-refractivity contribution in [1.29, 1.82) is 0 Å². The highest BCUT2D eigenvalue weighted by molar-refractivity contribution is 5.83. The Balaban J connectivity index is 2.06. The Labute approximate surface area is 117 Å². The first-order valence-corrected chi connectivity index (χ1v) is 6.15. The van der Waals surface area contributed by atoms with Crippen LogP contribution in [-0.4, -0.2) is 60.2 Å². The second-order valence-electron chi connectivity index (χ2n) is 4.66. The third-order valence-corrected chi connectivity index (χ3v) is 3.44. The number of nitrogens with zero attached hydrogens (tertiary/aromatic N) is 4. The summed E-state index contributed by atoms with van der Waals surface area (Å²) in [6.45, 7) is -0.471. The lowest BCUT2D eigenvalue weighted by atomic mass is 10.1. The normalized spacial score (nSPS) is 29.1. The first kappa shape index (κ1) is 13.8. The summed E-state index contributed by atoms with van der Waals surface area (Å²) in [4.78, 5) is 10.4. The number of benzene rings is 1. The smallest absolute Gasteiger partial charge is 0.299 e. The quantitative estimate of drug-likeness (QED) is 0.481. The molecule has 2 aromatic rings. The van der Waals surface area contributed by atoms with Crippen molar-refractivity contribution in [3.63, 3.8) is 0 Å². The van der Waals surface area contributed by atoms with Gasteiger partial charge in [0.05, 0.1) is 17.0 Å². The molecule has 3 rings (SSSR count). The molecule has 10 heteroatoms. The zero-order valence-corrected chi connectivity index (χ0v) is 10.6. The fourth-order valence-electron chi connectivity index (χ4n) is 2.37. The fraction of sp³-hybridized carbons (Fsp3) is 0.455. The maximum atomic E-state index is 10.9. The molecule has 4 atom stereocenters. The molecule has 3 N–H and O–H groups in total. The lowest BCUT2D eigenvalue weighted by molar-refractivity contribution is -0.383. The topological polar surface area (TPSA) is 144 Å². The molecule has 1 aliphatic heterocycles. The number of rotatable bonds is 3. The Morgan fingerprint density at radius 3 is 2.76 bits per heavy atom. The summed E-state index contributed by atoms with van der Waals surface area (Å²) in [5, 5.41) is 47.2. The van der Waals surface area contributed by atoms with E-state index in [1.807, 2.05) is 0 Å². The largest absolute Gasteiger partial charge is 0.394 e. The minimum Gasteiger partial charge on any atom is -0.394 e. The van der Waals surface area contributed by atoms with E-state index in [1.54, 1.807) is 0 Å². The van der Waals surface area contributed by atoms with Crippen LogP contribution in [0.15, 0.2) is 18.2 Å². The highest BCUT2D eigenvalue weighted by Crippen LogP contribution is 2.32. The third-order valence-electron chi connectivity index (χ3n) is 3.44. The Bertz CT molecular complexity index is 688. The Hall–Kier alpha value is -2.14. The molecule has 2 heterocycles. The minimum atomic E-state index is -1.33. The van der Waals surface area contributed by atoms with Crippen molar-refractivity contribution in [2.45, 2.75) is 24.5 Å². The molecular formula is C11H12N4O6. The number of hydrogen-bond acceptors (Lipinski definition) is 8. The summed E-state index contributed by atoms with van der Waals surface area (Å²) in [6, 6.07) is 4.29. The average Bonchev–Trinajstić information content (AvgIpc) is 3.01. The van der Waals surface area contributed by atoms with Crippen LogP contribution in [0.5, 0.6) is 0 Å². The van der Waals surface area contributed by atoms with Crippen LogP contribution >= 0.6 is 0 Å². The van der Waals surface area contributed by atoms with Crippen LogP contribution in [0.2, 0.25) is 0 Å². The van der Waals surface area contributed by atoms with Crippen molar-refractivity contribution in [2.75, 3.05) is 6.61 Å². The zero-order chi connectivity index (χ0) is 15.1. The number of hydrogen-bond donors (Lipinski definition) is 3. The van der Waals surface area contributed by atoms with E-state index in [0.717, 1.165) is 4.68 Å². The molecule has 0 amide bonds. The number of aromatic nitrogens is 3. The predicted octanol–water partition coefficient (Wildman–Crippen LogP) is -1.05. The number of nitro benzene ring substituents is 1. The van der Waals surface area contributed by atoms with Gasteiger partial charge in [0.15, 0.2) is 11.7 Å².